The quantitative estimate of drug-likeness (QED) is 0.845. The van der Waals surface area contributed by atoms with E-state index in [2.05, 4.69) is 16.7 Å². The van der Waals surface area contributed by atoms with Crippen molar-refractivity contribution in [2.45, 2.75) is 44.7 Å². The van der Waals surface area contributed by atoms with Crippen LogP contribution in [0.25, 0.3) is 0 Å². The van der Waals surface area contributed by atoms with Gasteiger partial charge in [-0.2, -0.15) is 0 Å². The van der Waals surface area contributed by atoms with Crippen LogP contribution in [0.4, 0.5) is 0 Å². The maximum absolute atomic E-state index is 11.7. The lowest BCUT2D eigenvalue weighted by molar-refractivity contribution is -0.121. The van der Waals surface area contributed by atoms with Crippen LogP contribution in [-0.4, -0.2) is 18.5 Å². The molecule has 2 rings (SSSR count). The Morgan fingerprint density at radius 2 is 2.29 bits per heavy atom. The second kappa shape index (κ2) is 6.17. The molecule has 1 atom stereocenters. The van der Waals surface area contributed by atoms with E-state index >= 15 is 0 Å². The molecule has 0 aliphatic heterocycles. The molecule has 1 aliphatic rings. The molecule has 0 bridgehead atoms. The monoisotopic (exact) mass is 252 g/mol. The number of hydrogen-bond donors (Lipinski definition) is 2. The van der Waals surface area contributed by atoms with Crippen molar-refractivity contribution >= 4 is 17.2 Å². The third-order valence-corrected chi connectivity index (χ3v) is 4.31. The summed E-state index contributed by atoms with van der Waals surface area (Å²) >= 11 is 1.68. The number of rotatable bonds is 5. The minimum Gasteiger partial charge on any atom is -0.348 e. The molecule has 1 amide bonds. The Bertz CT molecular complexity index is 344. The lowest BCUT2D eigenvalue weighted by Gasteiger charge is -2.15. The third-order valence-electron chi connectivity index (χ3n) is 3.25. The van der Waals surface area contributed by atoms with Crippen molar-refractivity contribution in [2.24, 2.45) is 0 Å². The zero-order chi connectivity index (χ0) is 12.1. The highest BCUT2D eigenvalue weighted by molar-refractivity contribution is 7.10. The molecule has 4 heteroatoms. The van der Waals surface area contributed by atoms with E-state index in [4.69, 9.17) is 0 Å². The van der Waals surface area contributed by atoms with Gasteiger partial charge in [0.25, 0.3) is 0 Å². The van der Waals surface area contributed by atoms with Crippen LogP contribution in [0.15, 0.2) is 17.5 Å². The highest BCUT2D eigenvalue weighted by atomic mass is 32.1. The molecule has 1 saturated carbocycles. The van der Waals surface area contributed by atoms with E-state index in [1.54, 1.807) is 11.3 Å². The number of amides is 1. The first-order valence-corrected chi connectivity index (χ1v) is 7.20. The average Bonchev–Trinajstić information content (AvgIpc) is 2.99. The Morgan fingerprint density at radius 1 is 1.53 bits per heavy atom. The van der Waals surface area contributed by atoms with Gasteiger partial charge in [-0.05, 0) is 31.2 Å². The molecule has 2 N–H and O–H groups in total. The minimum atomic E-state index is 0.0952. The Balaban J connectivity index is 1.69. The third kappa shape index (κ3) is 3.82. The van der Waals surface area contributed by atoms with E-state index < -0.39 is 0 Å². The van der Waals surface area contributed by atoms with Crippen LogP contribution >= 0.6 is 11.3 Å². The van der Waals surface area contributed by atoms with Gasteiger partial charge in [0.2, 0.25) is 5.91 Å². The first-order chi connectivity index (χ1) is 8.25. The highest BCUT2D eigenvalue weighted by Gasteiger charge is 2.16. The Labute approximate surface area is 107 Å². The fraction of sp³-hybridized carbons (Fsp3) is 0.615. The molecule has 1 fully saturated rings. The molecule has 0 radical (unpaired) electrons. The van der Waals surface area contributed by atoms with Crippen LogP contribution in [0, 0.1) is 0 Å². The maximum Gasteiger partial charge on any atom is 0.234 e. The maximum atomic E-state index is 11.7. The van der Waals surface area contributed by atoms with Crippen LogP contribution in [0.3, 0.4) is 0 Å². The molecule has 3 nitrogen and oxygen atoms in total. The Morgan fingerprint density at radius 3 is 2.94 bits per heavy atom. The predicted molar refractivity (Wildman–Crippen MR) is 71.1 cm³/mol. The van der Waals surface area contributed by atoms with Crippen LogP contribution in [0.1, 0.15) is 43.5 Å². The molecule has 1 heterocycles. The normalized spacial score (nSPS) is 18.2. The molecule has 1 aromatic heterocycles. The molecule has 94 valence electrons. The summed E-state index contributed by atoms with van der Waals surface area (Å²) in [5, 5.41) is 8.38. The number of carbonyl (C=O) groups excluding carboxylic acids is 1. The SMILES string of the molecule is C[C@H](NC(=O)CNC1CCCC1)c1cccs1. The Hall–Kier alpha value is -0.870. The Kier molecular flexibility index (Phi) is 4.57. The van der Waals surface area contributed by atoms with Crippen LogP contribution in [0.5, 0.6) is 0 Å². The first-order valence-electron chi connectivity index (χ1n) is 6.32. The number of carbonyl (C=O) groups is 1. The standard InChI is InChI=1S/C13H20N2OS/c1-10(12-7-4-8-17-12)15-13(16)9-14-11-5-2-3-6-11/h4,7-8,10-11,14H,2-3,5-6,9H2,1H3,(H,15,16)/t10-/m0/s1. The van der Waals surface area contributed by atoms with Crippen LogP contribution < -0.4 is 10.6 Å². The summed E-state index contributed by atoms with van der Waals surface area (Å²) in [6.45, 7) is 2.47. The number of nitrogens with one attached hydrogen (secondary N) is 2. The smallest absolute Gasteiger partial charge is 0.234 e. The minimum absolute atomic E-state index is 0.0952. The van der Waals surface area contributed by atoms with Gasteiger partial charge < -0.3 is 10.6 Å². The van der Waals surface area contributed by atoms with E-state index in [1.165, 1.54) is 30.6 Å². The molecule has 1 aromatic rings. The van der Waals surface area contributed by atoms with Gasteiger partial charge in [-0.1, -0.05) is 18.9 Å². The molecular weight excluding hydrogens is 232 g/mol. The molecule has 0 saturated heterocycles. The van der Waals surface area contributed by atoms with Gasteiger partial charge in [-0.25, -0.2) is 0 Å². The molecule has 0 unspecified atom stereocenters. The van der Waals surface area contributed by atoms with E-state index in [1.807, 2.05) is 18.4 Å². The molecule has 0 aromatic carbocycles. The number of thiophene rings is 1. The zero-order valence-electron chi connectivity index (χ0n) is 10.2. The topological polar surface area (TPSA) is 41.1 Å². The van der Waals surface area contributed by atoms with Crippen LogP contribution in [0.2, 0.25) is 0 Å². The van der Waals surface area contributed by atoms with Crippen LogP contribution in [-0.2, 0) is 4.79 Å². The van der Waals surface area contributed by atoms with Gasteiger partial charge in [0, 0.05) is 10.9 Å². The second-order valence-corrected chi connectivity index (χ2v) is 5.65. The van der Waals surface area contributed by atoms with Gasteiger partial charge in [0.15, 0.2) is 0 Å². The molecular formula is C13H20N2OS. The van der Waals surface area contributed by atoms with Crippen molar-refractivity contribution in [1.29, 1.82) is 0 Å². The lowest BCUT2D eigenvalue weighted by Crippen LogP contribution is -2.38. The summed E-state index contributed by atoms with van der Waals surface area (Å²) in [7, 11) is 0. The van der Waals surface area contributed by atoms with E-state index in [0.29, 0.717) is 12.6 Å². The highest BCUT2D eigenvalue weighted by Crippen LogP contribution is 2.18. The second-order valence-electron chi connectivity index (χ2n) is 4.67. The van der Waals surface area contributed by atoms with Crippen molar-refractivity contribution in [3.63, 3.8) is 0 Å². The first kappa shape index (κ1) is 12.6. The van der Waals surface area contributed by atoms with Gasteiger partial charge in [-0.3, -0.25) is 4.79 Å². The number of hydrogen-bond acceptors (Lipinski definition) is 3. The molecule has 17 heavy (non-hydrogen) atoms. The van der Waals surface area contributed by atoms with Crippen molar-refractivity contribution in [2.75, 3.05) is 6.54 Å². The van der Waals surface area contributed by atoms with E-state index in [-0.39, 0.29) is 11.9 Å². The average molecular weight is 252 g/mol. The fourth-order valence-corrected chi connectivity index (χ4v) is 3.00. The van der Waals surface area contributed by atoms with E-state index in [0.717, 1.165) is 0 Å². The molecule has 1 aliphatic carbocycles. The van der Waals surface area contributed by atoms with E-state index in [9.17, 15) is 4.79 Å². The van der Waals surface area contributed by atoms with Gasteiger partial charge in [0.1, 0.15) is 0 Å². The largest absolute Gasteiger partial charge is 0.348 e. The van der Waals surface area contributed by atoms with Crippen molar-refractivity contribution < 1.29 is 4.79 Å². The molecule has 0 spiro atoms. The zero-order valence-corrected chi connectivity index (χ0v) is 11.1. The summed E-state index contributed by atoms with van der Waals surface area (Å²) in [5.41, 5.74) is 0. The van der Waals surface area contributed by atoms with Crippen molar-refractivity contribution in [1.82, 2.24) is 10.6 Å². The summed E-state index contributed by atoms with van der Waals surface area (Å²) < 4.78 is 0. The van der Waals surface area contributed by atoms with Crippen molar-refractivity contribution in [3.8, 4) is 0 Å². The summed E-state index contributed by atoms with van der Waals surface area (Å²) in [6.07, 6.45) is 5.03. The van der Waals surface area contributed by atoms with Crippen molar-refractivity contribution in [3.05, 3.63) is 22.4 Å². The van der Waals surface area contributed by atoms with Gasteiger partial charge in [-0.15, -0.1) is 11.3 Å². The lowest BCUT2D eigenvalue weighted by atomic mass is 10.2. The summed E-state index contributed by atoms with van der Waals surface area (Å²) in [5.74, 6) is 0.0952. The van der Waals surface area contributed by atoms with Gasteiger partial charge >= 0.3 is 0 Å². The van der Waals surface area contributed by atoms with Gasteiger partial charge in [0.05, 0.1) is 12.6 Å². The summed E-state index contributed by atoms with van der Waals surface area (Å²) in [6, 6.07) is 4.74. The fourth-order valence-electron chi connectivity index (χ4n) is 2.27. The predicted octanol–water partition coefficient (Wildman–Crippen LogP) is 2.46. The summed E-state index contributed by atoms with van der Waals surface area (Å²) in [4.78, 5) is 12.9.